The van der Waals surface area contributed by atoms with Crippen molar-refractivity contribution in [1.82, 2.24) is 0 Å². The molecule has 1 nitrogen and oxygen atoms in total. The maximum atomic E-state index is 4.12. The van der Waals surface area contributed by atoms with Gasteiger partial charge in [0.2, 0.25) is 0 Å². The Morgan fingerprint density at radius 1 is 1.45 bits per heavy atom. The van der Waals surface area contributed by atoms with Crippen LogP contribution >= 0.6 is 0 Å². The van der Waals surface area contributed by atoms with Crippen molar-refractivity contribution in [2.45, 2.75) is 33.6 Å². The molecular weight excluding hydrogens is 134 g/mol. The van der Waals surface area contributed by atoms with Crippen LogP contribution in [0.25, 0.3) is 0 Å². The second kappa shape index (κ2) is 5.90. The van der Waals surface area contributed by atoms with Crippen LogP contribution in [0.2, 0.25) is 0 Å². The van der Waals surface area contributed by atoms with Gasteiger partial charge in [-0.25, -0.2) is 0 Å². The standard InChI is InChI=1S/C10H17N/c1-5-6-10(4)7-8-11-9(2)3/h7-8H,4-6H2,1-3H3/b8-7-. The topological polar surface area (TPSA) is 12.4 Å². The van der Waals surface area contributed by atoms with Crippen LogP contribution in [0.1, 0.15) is 33.6 Å². The summed E-state index contributed by atoms with van der Waals surface area (Å²) in [4.78, 5) is 4.12. The molecule has 0 aliphatic heterocycles. The number of nitrogens with zero attached hydrogens (tertiary/aromatic N) is 1. The third kappa shape index (κ3) is 7.04. The maximum absolute atomic E-state index is 4.12. The Balaban J connectivity index is 3.74. The average molecular weight is 151 g/mol. The molecule has 0 radical (unpaired) electrons. The summed E-state index contributed by atoms with van der Waals surface area (Å²) in [5.74, 6) is 0. The summed E-state index contributed by atoms with van der Waals surface area (Å²) in [6, 6.07) is 0. The SMILES string of the molecule is C=C(/C=C\N=C(C)C)CCC. The van der Waals surface area contributed by atoms with Crippen molar-refractivity contribution in [3.05, 3.63) is 24.4 Å². The first-order valence-electron chi connectivity index (χ1n) is 4.02. The minimum Gasteiger partial charge on any atom is -0.266 e. The molecule has 0 N–H and O–H groups in total. The molecule has 0 aromatic rings. The molecule has 0 saturated carbocycles. The van der Waals surface area contributed by atoms with Crippen molar-refractivity contribution in [1.29, 1.82) is 0 Å². The molecule has 0 bridgehead atoms. The summed E-state index contributed by atoms with van der Waals surface area (Å²) >= 11 is 0. The summed E-state index contributed by atoms with van der Waals surface area (Å²) < 4.78 is 0. The molecular formula is C10H17N. The van der Waals surface area contributed by atoms with Gasteiger partial charge in [-0.1, -0.05) is 25.5 Å². The number of allylic oxidation sites excluding steroid dienone is 2. The number of rotatable bonds is 4. The first kappa shape index (κ1) is 10.2. The Morgan fingerprint density at radius 3 is 2.55 bits per heavy atom. The molecule has 0 amide bonds. The van der Waals surface area contributed by atoms with Crippen LogP contribution in [0.15, 0.2) is 29.4 Å². The summed E-state index contributed by atoms with van der Waals surface area (Å²) in [6.45, 7) is 9.99. The van der Waals surface area contributed by atoms with E-state index < -0.39 is 0 Å². The lowest BCUT2D eigenvalue weighted by Gasteiger charge is -1.92. The highest BCUT2D eigenvalue weighted by Crippen LogP contribution is 2.02. The van der Waals surface area contributed by atoms with Crippen molar-refractivity contribution < 1.29 is 0 Å². The van der Waals surface area contributed by atoms with Crippen molar-refractivity contribution in [2.24, 2.45) is 4.99 Å². The van der Waals surface area contributed by atoms with Crippen LogP contribution in [0, 0.1) is 0 Å². The van der Waals surface area contributed by atoms with Crippen molar-refractivity contribution in [2.75, 3.05) is 0 Å². The smallest absolute Gasteiger partial charge is 0.0269 e. The molecule has 0 unspecified atom stereocenters. The summed E-state index contributed by atoms with van der Waals surface area (Å²) in [7, 11) is 0. The molecule has 0 aromatic carbocycles. The second-order valence-electron chi connectivity index (χ2n) is 2.80. The molecule has 0 aliphatic carbocycles. The van der Waals surface area contributed by atoms with Gasteiger partial charge in [0, 0.05) is 11.9 Å². The Hall–Kier alpha value is -0.850. The van der Waals surface area contributed by atoms with Gasteiger partial charge in [-0.15, -0.1) is 0 Å². The van der Waals surface area contributed by atoms with Gasteiger partial charge in [-0.2, -0.15) is 0 Å². The fraction of sp³-hybridized carbons (Fsp3) is 0.500. The molecule has 0 atom stereocenters. The first-order valence-corrected chi connectivity index (χ1v) is 4.02. The Morgan fingerprint density at radius 2 is 2.09 bits per heavy atom. The van der Waals surface area contributed by atoms with E-state index in [9.17, 15) is 0 Å². The van der Waals surface area contributed by atoms with Crippen molar-refractivity contribution in [3.8, 4) is 0 Å². The minimum absolute atomic E-state index is 1.06. The van der Waals surface area contributed by atoms with E-state index >= 15 is 0 Å². The zero-order valence-electron chi connectivity index (χ0n) is 7.72. The molecule has 0 spiro atoms. The van der Waals surface area contributed by atoms with Crippen LogP contribution in [0.5, 0.6) is 0 Å². The molecule has 11 heavy (non-hydrogen) atoms. The Kier molecular flexibility index (Phi) is 5.44. The molecule has 1 heteroatoms. The van der Waals surface area contributed by atoms with Gasteiger partial charge in [-0.3, -0.25) is 4.99 Å². The molecule has 0 rings (SSSR count). The normalized spacial score (nSPS) is 10.1. The highest BCUT2D eigenvalue weighted by Gasteiger charge is 1.83. The monoisotopic (exact) mass is 151 g/mol. The van der Waals surface area contributed by atoms with Gasteiger partial charge in [0.25, 0.3) is 0 Å². The molecule has 0 heterocycles. The predicted octanol–water partition coefficient (Wildman–Crippen LogP) is 3.34. The molecule has 0 saturated heterocycles. The van der Waals surface area contributed by atoms with Crippen molar-refractivity contribution >= 4 is 5.71 Å². The van der Waals surface area contributed by atoms with Gasteiger partial charge in [0.05, 0.1) is 0 Å². The number of hydrogen-bond donors (Lipinski definition) is 0. The molecule has 0 fully saturated rings. The van der Waals surface area contributed by atoms with Crippen LogP contribution in [0.3, 0.4) is 0 Å². The van der Waals surface area contributed by atoms with Gasteiger partial charge in [0.15, 0.2) is 0 Å². The third-order valence-electron chi connectivity index (χ3n) is 1.21. The van der Waals surface area contributed by atoms with E-state index in [0.717, 1.165) is 24.1 Å². The van der Waals surface area contributed by atoms with Crippen LogP contribution in [0.4, 0.5) is 0 Å². The number of hydrogen-bond acceptors (Lipinski definition) is 1. The van der Waals surface area contributed by atoms with Crippen LogP contribution in [-0.4, -0.2) is 5.71 Å². The lowest BCUT2D eigenvalue weighted by atomic mass is 10.2. The van der Waals surface area contributed by atoms with Gasteiger partial charge in [-0.05, 0) is 26.3 Å². The molecule has 62 valence electrons. The Labute approximate surface area is 69.5 Å². The molecule has 0 aromatic heterocycles. The zero-order valence-corrected chi connectivity index (χ0v) is 7.72. The highest BCUT2D eigenvalue weighted by atomic mass is 14.7. The average Bonchev–Trinajstić information content (AvgIpc) is 1.87. The quantitative estimate of drug-likeness (QED) is 0.431. The Bertz CT molecular complexity index is 171. The fourth-order valence-electron chi connectivity index (χ4n) is 0.696. The highest BCUT2D eigenvalue weighted by molar-refractivity contribution is 5.79. The van der Waals surface area contributed by atoms with Gasteiger partial charge < -0.3 is 0 Å². The molecule has 0 aliphatic rings. The van der Waals surface area contributed by atoms with Gasteiger partial charge >= 0.3 is 0 Å². The summed E-state index contributed by atoms with van der Waals surface area (Å²) in [5.41, 5.74) is 2.23. The lowest BCUT2D eigenvalue weighted by molar-refractivity contribution is 0.929. The van der Waals surface area contributed by atoms with E-state index in [0.29, 0.717) is 0 Å². The van der Waals surface area contributed by atoms with E-state index in [1.807, 2.05) is 26.1 Å². The van der Waals surface area contributed by atoms with E-state index in [4.69, 9.17) is 0 Å². The maximum Gasteiger partial charge on any atom is 0.0269 e. The predicted molar refractivity (Wildman–Crippen MR) is 52.0 cm³/mol. The fourth-order valence-corrected chi connectivity index (χ4v) is 0.696. The van der Waals surface area contributed by atoms with E-state index in [-0.39, 0.29) is 0 Å². The first-order chi connectivity index (χ1) is 5.16. The summed E-state index contributed by atoms with van der Waals surface area (Å²) in [6.07, 6.45) is 6.00. The lowest BCUT2D eigenvalue weighted by Crippen LogP contribution is -1.77. The van der Waals surface area contributed by atoms with Crippen LogP contribution in [-0.2, 0) is 0 Å². The third-order valence-corrected chi connectivity index (χ3v) is 1.21. The second-order valence-corrected chi connectivity index (χ2v) is 2.80. The largest absolute Gasteiger partial charge is 0.266 e. The van der Waals surface area contributed by atoms with E-state index in [1.165, 1.54) is 0 Å². The van der Waals surface area contributed by atoms with E-state index in [2.05, 4.69) is 18.5 Å². The van der Waals surface area contributed by atoms with Gasteiger partial charge in [0.1, 0.15) is 0 Å². The van der Waals surface area contributed by atoms with Crippen molar-refractivity contribution in [3.63, 3.8) is 0 Å². The van der Waals surface area contributed by atoms with Crippen LogP contribution < -0.4 is 0 Å². The minimum atomic E-state index is 1.06. The zero-order chi connectivity index (χ0) is 8.69. The van der Waals surface area contributed by atoms with E-state index in [1.54, 1.807) is 0 Å². The number of aliphatic imine (C=N–C) groups is 1. The summed E-state index contributed by atoms with van der Waals surface area (Å²) in [5, 5.41) is 0.